The maximum atomic E-state index is 5.60. The van der Waals surface area contributed by atoms with Crippen molar-refractivity contribution in [3.8, 4) is 5.75 Å². The second-order valence-electron chi connectivity index (χ2n) is 3.60. The monoisotopic (exact) mass is 239 g/mol. The predicted molar refractivity (Wildman–Crippen MR) is 67.0 cm³/mol. The van der Waals surface area contributed by atoms with Crippen LogP contribution in [0.25, 0.3) is 0 Å². The molecule has 0 aromatic heterocycles. The first-order valence-corrected chi connectivity index (χ1v) is 5.83. The largest absolute Gasteiger partial charge is 0.496 e. The number of hydrogen-bond acceptors (Lipinski definition) is 4. The van der Waals surface area contributed by atoms with Crippen LogP contribution in [0.5, 0.6) is 5.75 Å². The quantitative estimate of drug-likeness (QED) is 0.702. The summed E-state index contributed by atoms with van der Waals surface area (Å²) in [5.74, 6) is 0.832. The van der Waals surface area contributed by atoms with Crippen molar-refractivity contribution in [3.05, 3.63) is 29.3 Å². The molecule has 1 rings (SSSR count). The van der Waals surface area contributed by atoms with Crippen LogP contribution in [-0.2, 0) is 22.6 Å². The van der Waals surface area contributed by atoms with E-state index < -0.39 is 0 Å². The van der Waals surface area contributed by atoms with Gasteiger partial charge in [0.15, 0.2) is 0 Å². The second kappa shape index (κ2) is 8.06. The molecule has 0 aliphatic carbocycles. The van der Waals surface area contributed by atoms with Crippen LogP contribution >= 0.6 is 0 Å². The molecule has 0 saturated carbocycles. The van der Waals surface area contributed by atoms with Crippen molar-refractivity contribution in [3.63, 3.8) is 0 Å². The molecule has 0 aliphatic rings. The standard InChI is InChI=1S/C13H21NO3/c1-3-16-6-7-17-10-12-8-11(9-14)4-5-13(12)15-2/h4-5,8H,3,6-7,9-10,14H2,1-2H3. The summed E-state index contributed by atoms with van der Waals surface area (Å²) in [5.41, 5.74) is 7.70. The van der Waals surface area contributed by atoms with Crippen molar-refractivity contribution in [1.82, 2.24) is 0 Å². The highest BCUT2D eigenvalue weighted by atomic mass is 16.5. The van der Waals surface area contributed by atoms with E-state index in [9.17, 15) is 0 Å². The molecule has 0 radical (unpaired) electrons. The molecule has 0 spiro atoms. The Labute approximate surface area is 103 Å². The van der Waals surface area contributed by atoms with Crippen LogP contribution in [0.4, 0.5) is 0 Å². The lowest BCUT2D eigenvalue weighted by Crippen LogP contribution is -2.05. The fraction of sp³-hybridized carbons (Fsp3) is 0.538. The molecule has 0 unspecified atom stereocenters. The van der Waals surface area contributed by atoms with E-state index in [1.807, 2.05) is 25.1 Å². The molecule has 0 fully saturated rings. The summed E-state index contributed by atoms with van der Waals surface area (Å²) in [7, 11) is 1.65. The van der Waals surface area contributed by atoms with Gasteiger partial charge >= 0.3 is 0 Å². The van der Waals surface area contributed by atoms with Gasteiger partial charge in [-0.15, -0.1) is 0 Å². The van der Waals surface area contributed by atoms with E-state index >= 15 is 0 Å². The van der Waals surface area contributed by atoms with Crippen LogP contribution < -0.4 is 10.5 Å². The summed E-state index contributed by atoms with van der Waals surface area (Å²) >= 11 is 0. The topological polar surface area (TPSA) is 53.7 Å². The van der Waals surface area contributed by atoms with Crippen molar-refractivity contribution in [2.45, 2.75) is 20.1 Å². The van der Waals surface area contributed by atoms with Crippen LogP contribution in [0, 0.1) is 0 Å². The molecule has 2 N–H and O–H groups in total. The van der Waals surface area contributed by atoms with Gasteiger partial charge < -0.3 is 19.9 Å². The van der Waals surface area contributed by atoms with Gasteiger partial charge in [0.1, 0.15) is 5.75 Å². The van der Waals surface area contributed by atoms with Gasteiger partial charge in [-0.2, -0.15) is 0 Å². The van der Waals surface area contributed by atoms with Crippen LogP contribution in [0.1, 0.15) is 18.1 Å². The zero-order chi connectivity index (χ0) is 12.5. The average molecular weight is 239 g/mol. The normalized spacial score (nSPS) is 10.5. The third-order valence-electron chi connectivity index (χ3n) is 2.41. The maximum Gasteiger partial charge on any atom is 0.124 e. The predicted octanol–water partition coefficient (Wildman–Crippen LogP) is 1.71. The van der Waals surface area contributed by atoms with Crippen molar-refractivity contribution in [2.75, 3.05) is 26.9 Å². The Morgan fingerprint density at radius 2 is 1.94 bits per heavy atom. The minimum atomic E-state index is 0.518. The third-order valence-corrected chi connectivity index (χ3v) is 2.41. The van der Waals surface area contributed by atoms with Crippen LogP contribution in [0.3, 0.4) is 0 Å². The highest BCUT2D eigenvalue weighted by molar-refractivity contribution is 5.36. The molecular formula is C13H21NO3. The lowest BCUT2D eigenvalue weighted by atomic mass is 10.1. The zero-order valence-electron chi connectivity index (χ0n) is 10.6. The summed E-state index contributed by atoms with van der Waals surface area (Å²) < 4.78 is 16.0. The number of ether oxygens (including phenoxy) is 3. The van der Waals surface area contributed by atoms with Crippen LogP contribution in [0.2, 0.25) is 0 Å². The van der Waals surface area contributed by atoms with Crippen LogP contribution in [0.15, 0.2) is 18.2 Å². The van der Waals surface area contributed by atoms with Gasteiger partial charge in [0.25, 0.3) is 0 Å². The van der Waals surface area contributed by atoms with Crippen molar-refractivity contribution in [1.29, 1.82) is 0 Å². The first kappa shape index (κ1) is 14.0. The maximum absolute atomic E-state index is 5.60. The highest BCUT2D eigenvalue weighted by Gasteiger charge is 2.04. The molecule has 1 aromatic carbocycles. The van der Waals surface area contributed by atoms with Gasteiger partial charge in [-0.25, -0.2) is 0 Å². The molecule has 0 amide bonds. The Morgan fingerprint density at radius 1 is 1.18 bits per heavy atom. The number of benzene rings is 1. The minimum absolute atomic E-state index is 0.518. The smallest absolute Gasteiger partial charge is 0.124 e. The molecular weight excluding hydrogens is 218 g/mol. The first-order chi connectivity index (χ1) is 8.31. The minimum Gasteiger partial charge on any atom is -0.496 e. The third kappa shape index (κ3) is 4.73. The second-order valence-corrected chi connectivity index (χ2v) is 3.60. The van der Waals surface area contributed by atoms with E-state index in [1.165, 1.54) is 0 Å². The Balaban J connectivity index is 2.49. The van der Waals surface area contributed by atoms with E-state index in [-0.39, 0.29) is 0 Å². The van der Waals surface area contributed by atoms with Gasteiger partial charge in [-0.3, -0.25) is 0 Å². The van der Waals surface area contributed by atoms with Crippen molar-refractivity contribution in [2.24, 2.45) is 5.73 Å². The van der Waals surface area contributed by atoms with Gasteiger partial charge in [0, 0.05) is 18.7 Å². The Bertz CT molecular complexity index is 328. The highest BCUT2D eigenvalue weighted by Crippen LogP contribution is 2.20. The van der Waals surface area contributed by atoms with Crippen molar-refractivity contribution >= 4 is 0 Å². The molecule has 96 valence electrons. The van der Waals surface area contributed by atoms with Gasteiger partial charge in [-0.05, 0) is 24.6 Å². The summed E-state index contributed by atoms with van der Waals surface area (Å²) in [6, 6.07) is 5.89. The number of nitrogens with two attached hydrogens (primary N) is 1. The van der Waals surface area contributed by atoms with E-state index in [0.717, 1.165) is 23.5 Å². The Morgan fingerprint density at radius 3 is 2.59 bits per heavy atom. The Hall–Kier alpha value is -1.10. The zero-order valence-corrected chi connectivity index (χ0v) is 10.6. The van der Waals surface area contributed by atoms with E-state index in [1.54, 1.807) is 7.11 Å². The summed E-state index contributed by atoms with van der Waals surface area (Å²) in [4.78, 5) is 0. The molecule has 4 nitrogen and oxygen atoms in total. The lowest BCUT2D eigenvalue weighted by molar-refractivity contribution is 0.0446. The fourth-order valence-corrected chi connectivity index (χ4v) is 1.52. The van der Waals surface area contributed by atoms with Gasteiger partial charge in [-0.1, -0.05) is 6.07 Å². The number of rotatable bonds is 8. The number of methoxy groups -OCH3 is 1. The molecule has 0 aliphatic heterocycles. The summed E-state index contributed by atoms with van der Waals surface area (Å²) in [6.45, 7) is 4.93. The van der Waals surface area contributed by atoms with Gasteiger partial charge in [0.2, 0.25) is 0 Å². The molecule has 0 saturated heterocycles. The van der Waals surface area contributed by atoms with Crippen molar-refractivity contribution < 1.29 is 14.2 Å². The molecule has 4 heteroatoms. The van der Waals surface area contributed by atoms with E-state index in [4.69, 9.17) is 19.9 Å². The van der Waals surface area contributed by atoms with Crippen LogP contribution in [-0.4, -0.2) is 26.9 Å². The van der Waals surface area contributed by atoms with E-state index in [0.29, 0.717) is 26.4 Å². The SMILES string of the molecule is CCOCCOCc1cc(CN)ccc1OC. The summed E-state index contributed by atoms with van der Waals surface area (Å²) in [5, 5.41) is 0. The molecule has 0 atom stereocenters. The van der Waals surface area contributed by atoms with E-state index in [2.05, 4.69) is 0 Å². The average Bonchev–Trinajstić information content (AvgIpc) is 2.38. The van der Waals surface area contributed by atoms with Gasteiger partial charge in [0.05, 0.1) is 26.9 Å². The molecule has 1 aromatic rings. The molecule has 0 bridgehead atoms. The first-order valence-electron chi connectivity index (χ1n) is 5.83. The lowest BCUT2D eigenvalue weighted by Gasteiger charge is -2.10. The summed E-state index contributed by atoms with van der Waals surface area (Å²) in [6.07, 6.45) is 0. The fourth-order valence-electron chi connectivity index (χ4n) is 1.52. The molecule has 0 heterocycles. The molecule has 17 heavy (non-hydrogen) atoms. The Kier molecular flexibility index (Phi) is 6.62. The number of hydrogen-bond donors (Lipinski definition) is 1.